The number of nitrogens with zero attached hydrogens (tertiary/aromatic N) is 1. The van der Waals surface area contributed by atoms with Crippen molar-refractivity contribution in [3.8, 4) is 0 Å². The second-order valence-corrected chi connectivity index (χ2v) is 7.03. The van der Waals surface area contributed by atoms with Crippen LogP contribution in [-0.2, 0) is 10.2 Å². The summed E-state index contributed by atoms with van der Waals surface area (Å²) in [5.41, 5.74) is 7.13. The molecule has 0 spiro atoms. The predicted molar refractivity (Wildman–Crippen MR) is 90.6 cm³/mol. The van der Waals surface area contributed by atoms with Gasteiger partial charge in [0.05, 0.1) is 12.6 Å². The molecule has 1 saturated heterocycles. The fourth-order valence-electron chi connectivity index (χ4n) is 2.36. The second kappa shape index (κ2) is 7.27. The Hall–Kier alpha value is -1.07. The van der Waals surface area contributed by atoms with E-state index in [9.17, 15) is 0 Å². The molecule has 1 aromatic carbocycles. The maximum absolute atomic E-state index is 5.94. The summed E-state index contributed by atoms with van der Waals surface area (Å²) in [5, 5.41) is 3.15. The topological polar surface area (TPSA) is 59.6 Å². The Bertz CT molecular complexity index is 496. The summed E-state index contributed by atoms with van der Waals surface area (Å²) in [6, 6.07) is 8.33. The van der Waals surface area contributed by atoms with Gasteiger partial charge in [0.25, 0.3) is 0 Å². The van der Waals surface area contributed by atoms with Crippen LogP contribution < -0.4 is 11.1 Å². The van der Waals surface area contributed by atoms with Crippen LogP contribution in [-0.4, -0.2) is 31.8 Å². The third-order valence-corrected chi connectivity index (χ3v) is 4.28. The van der Waals surface area contributed by atoms with Gasteiger partial charge in [0.2, 0.25) is 0 Å². The number of guanidine groups is 1. The zero-order valence-corrected chi connectivity index (χ0v) is 14.3. The number of nitrogens with two attached hydrogens (primary N) is 1. The van der Waals surface area contributed by atoms with E-state index in [0.29, 0.717) is 12.5 Å². The molecule has 0 radical (unpaired) electrons. The normalized spacial score (nSPS) is 19.8. The summed E-state index contributed by atoms with van der Waals surface area (Å²) in [5.74, 6) is 0.494. The van der Waals surface area contributed by atoms with Gasteiger partial charge in [-0.2, -0.15) is 0 Å². The van der Waals surface area contributed by atoms with Crippen LogP contribution >= 0.6 is 15.9 Å². The quantitative estimate of drug-likeness (QED) is 0.632. The van der Waals surface area contributed by atoms with Crippen LogP contribution in [0.2, 0.25) is 0 Å². The molecule has 1 atom stereocenters. The molecular weight excluding hydrogens is 330 g/mol. The maximum atomic E-state index is 5.94. The van der Waals surface area contributed by atoms with Crippen LogP contribution in [0, 0.1) is 0 Å². The van der Waals surface area contributed by atoms with Crippen molar-refractivity contribution >= 4 is 21.9 Å². The van der Waals surface area contributed by atoms with Crippen LogP contribution in [0.3, 0.4) is 0 Å². The lowest BCUT2D eigenvalue weighted by molar-refractivity contribution is 0.114. The van der Waals surface area contributed by atoms with Crippen LogP contribution in [0.5, 0.6) is 0 Å². The van der Waals surface area contributed by atoms with Gasteiger partial charge in [0.1, 0.15) is 0 Å². The number of hydrogen-bond donors (Lipinski definition) is 2. The average molecular weight is 354 g/mol. The lowest BCUT2D eigenvalue weighted by atomic mass is 9.85. The van der Waals surface area contributed by atoms with E-state index in [1.54, 1.807) is 0 Å². The maximum Gasteiger partial charge on any atom is 0.188 e. The molecule has 21 heavy (non-hydrogen) atoms. The van der Waals surface area contributed by atoms with Crippen molar-refractivity contribution in [1.82, 2.24) is 5.32 Å². The van der Waals surface area contributed by atoms with Crippen LogP contribution in [0.15, 0.2) is 33.7 Å². The Kier molecular flexibility index (Phi) is 5.65. The van der Waals surface area contributed by atoms with Gasteiger partial charge in [0.15, 0.2) is 5.96 Å². The number of nitrogens with one attached hydrogen (secondary N) is 1. The first-order valence-corrected chi connectivity index (χ1v) is 8.18. The molecule has 1 aliphatic heterocycles. The third-order valence-electron chi connectivity index (χ3n) is 3.79. The average Bonchev–Trinajstić information content (AvgIpc) is 2.96. The smallest absolute Gasteiger partial charge is 0.188 e. The molecule has 0 saturated carbocycles. The molecule has 3 N–H and O–H groups in total. The van der Waals surface area contributed by atoms with Gasteiger partial charge >= 0.3 is 0 Å². The summed E-state index contributed by atoms with van der Waals surface area (Å²) in [6.45, 7) is 6.59. The minimum Gasteiger partial charge on any atom is -0.376 e. The van der Waals surface area contributed by atoms with Gasteiger partial charge in [0, 0.05) is 23.0 Å². The molecule has 116 valence electrons. The van der Waals surface area contributed by atoms with Crippen molar-refractivity contribution in [1.29, 1.82) is 0 Å². The van der Waals surface area contributed by atoms with Gasteiger partial charge in [-0.1, -0.05) is 41.9 Å². The molecule has 0 amide bonds. The van der Waals surface area contributed by atoms with Crippen molar-refractivity contribution in [2.45, 2.75) is 38.2 Å². The highest BCUT2D eigenvalue weighted by atomic mass is 79.9. The van der Waals surface area contributed by atoms with E-state index in [1.807, 2.05) is 12.1 Å². The largest absolute Gasteiger partial charge is 0.376 e. The lowest BCUT2D eigenvalue weighted by Gasteiger charge is -2.23. The molecule has 2 rings (SSSR count). The van der Waals surface area contributed by atoms with Crippen LogP contribution in [0.4, 0.5) is 0 Å². The first-order chi connectivity index (χ1) is 9.97. The van der Waals surface area contributed by atoms with Gasteiger partial charge in [-0.05, 0) is 30.5 Å². The predicted octanol–water partition coefficient (Wildman–Crippen LogP) is 2.81. The monoisotopic (exact) mass is 353 g/mol. The van der Waals surface area contributed by atoms with Gasteiger partial charge in [-0.25, -0.2) is 0 Å². The van der Waals surface area contributed by atoms with E-state index in [4.69, 9.17) is 10.5 Å². The van der Waals surface area contributed by atoms with Gasteiger partial charge < -0.3 is 15.8 Å². The van der Waals surface area contributed by atoms with Gasteiger partial charge in [-0.3, -0.25) is 4.99 Å². The summed E-state index contributed by atoms with van der Waals surface area (Å²) < 4.78 is 6.64. The van der Waals surface area contributed by atoms with Crippen molar-refractivity contribution in [2.24, 2.45) is 10.7 Å². The van der Waals surface area contributed by atoms with Gasteiger partial charge in [-0.15, -0.1) is 0 Å². The highest BCUT2D eigenvalue weighted by Gasteiger charge is 2.21. The van der Waals surface area contributed by atoms with E-state index in [2.05, 4.69) is 52.2 Å². The molecule has 1 aromatic rings. The highest BCUT2D eigenvalue weighted by Crippen LogP contribution is 2.26. The van der Waals surface area contributed by atoms with Crippen molar-refractivity contribution in [3.63, 3.8) is 0 Å². The third kappa shape index (κ3) is 5.00. The fraction of sp³-hybridized carbons (Fsp3) is 0.562. The number of hydrogen-bond acceptors (Lipinski definition) is 2. The number of halogens is 1. The molecule has 1 heterocycles. The fourth-order valence-corrected chi connectivity index (χ4v) is 2.76. The highest BCUT2D eigenvalue weighted by molar-refractivity contribution is 9.10. The first kappa shape index (κ1) is 16.3. The summed E-state index contributed by atoms with van der Waals surface area (Å²) in [6.07, 6.45) is 2.51. The molecular formula is C16H24BrN3O. The number of ether oxygens (including phenoxy) is 1. The second-order valence-electron chi connectivity index (χ2n) is 6.11. The Morgan fingerprint density at radius 3 is 3.00 bits per heavy atom. The molecule has 5 heteroatoms. The number of aliphatic imine (C=N–C) groups is 1. The van der Waals surface area contributed by atoms with Crippen LogP contribution in [0.25, 0.3) is 0 Å². The van der Waals surface area contributed by atoms with Crippen LogP contribution in [0.1, 0.15) is 32.3 Å². The Morgan fingerprint density at radius 1 is 1.52 bits per heavy atom. The van der Waals surface area contributed by atoms with E-state index in [0.717, 1.165) is 30.5 Å². The molecule has 1 fully saturated rings. The zero-order valence-electron chi connectivity index (χ0n) is 12.7. The number of rotatable bonds is 5. The molecule has 1 aliphatic rings. The van der Waals surface area contributed by atoms with E-state index < -0.39 is 0 Å². The molecule has 0 aromatic heterocycles. The Morgan fingerprint density at radius 2 is 2.33 bits per heavy atom. The molecule has 0 aliphatic carbocycles. The van der Waals surface area contributed by atoms with E-state index in [1.165, 1.54) is 5.56 Å². The summed E-state index contributed by atoms with van der Waals surface area (Å²) >= 11 is 3.51. The van der Waals surface area contributed by atoms with E-state index >= 15 is 0 Å². The molecule has 0 bridgehead atoms. The zero-order chi connectivity index (χ0) is 15.3. The minimum atomic E-state index is -0.0556. The number of benzene rings is 1. The minimum absolute atomic E-state index is 0.0556. The Balaban J connectivity index is 1.88. The summed E-state index contributed by atoms with van der Waals surface area (Å²) in [4.78, 5) is 4.48. The summed E-state index contributed by atoms with van der Waals surface area (Å²) in [7, 11) is 0. The lowest BCUT2D eigenvalue weighted by Crippen LogP contribution is -2.38. The standard InChI is InChI=1S/C16H24BrN3O/c1-16(2,12-5-3-6-13(17)9-12)11-20-15(18)19-10-14-7-4-8-21-14/h3,5-6,9,14H,4,7-8,10-11H2,1-2H3,(H3,18,19,20). The van der Waals surface area contributed by atoms with Crippen molar-refractivity contribution in [2.75, 3.05) is 19.7 Å². The molecule has 1 unspecified atom stereocenters. The van der Waals surface area contributed by atoms with Crippen molar-refractivity contribution < 1.29 is 4.74 Å². The molecule has 4 nitrogen and oxygen atoms in total. The first-order valence-electron chi connectivity index (χ1n) is 7.39. The SMILES string of the molecule is CC(C)(CN=C(N)NCC1CCCO1)c1cccc(Br)c1. The van der Waals surface area contributed by atoms with E-state index in [-0.39, 0.29) is 11.5 Å². The Labute approximate surface area is 135 Å². The van der Waals surface area contributed by atoms with Crippen molar-refractivity contribution in [3.05, 3.63) is 34.3 Å².